The van der Waals surface area contributed by atoms with E-state index < -0.39 is 6.10 Å². The number of allylic oxidation sites excluding steroid dienone is 1. The summed E-state index contributed by atoms with van der Waals surface area (Å²) < 4.78 is 3.95. The standard InChI is InChI=1S/C12H20N2OS/c1-8(2)6-7-9(15)10-11(12(3,4)5)13-14-16-10/h9,15H,1,6-7H2,2-5H3. The number of aromatic nitrogens is 2. The van der Waals surface area contributed by atoms with Crippen molar-refractivity contribution in [1.82, 2.24) is 9.59 Å². The minimum Gasteiger partial charge on any atom is -0.387 e. The second-order valence-electron chi connectivity index (χ2n) is 5.25. The Morgan fingerprint density at radius 2 is 2.12 bits per heavy atom. The van der Waals surface area contributed by atoms with Crippen molar-refractivity contribution in [3.05, 3.63) is 22.7 Å². The van der Waals surface area contributed by atoms with Gasteiger partial charge < -0.3 is 5.11 Å². The average Bonchev–Trinajstić information content (AvgIpc) is 2.61. The van der Waals surface area contributed by atoms with Gasteiger partial charge in [0.15, 0.2) is 0 Å². The molecule has 1 heterocycles. The zero-order chi connectivity index (χ0) is 12.3. The molecule has 0 aliphatic rings. The summed E-state index contributed by atoms with van der Waals surface area (Å²) in [6.07, 6.45) is 1.07. The minimum absolute atomic E-state index is 0.0630. The monoisotopic (exact) mass is 240 g/mol. The molecule has 0 radical (unpaired) electrons. The van der Waals surface area contributed by atoms with E-state index in [4.69, 9.17) is 0 Å². The van der Waals surface area contributed by atoms with Crippen molar-refractivity contribution in [3.8, 4) is 0 Å². The molecule has 0 bridgehead atoms. The predicted octanol–water partition coefficient (Wildman–Crippen LogP) is 3.23. The molecular formula is C12H20N2OS. The molecular weight excluding hydrogens is 220 g/mol. The Balaban J connectivity index is 2.80. The third-order valence-electron chi connectivity index (χ3n) is 2.37. The molecule has 0 fully saturated rings. The molecule has 0 amide bonds. The van der Waals surface area contributed by atoms with Crippen LogP contribution < -0.4 is 0 Å². The van der Waals surface area contributed by atoms with Crippen molar-refractivity contribution in [1.29, 1.82) is 0 Å². The maximum Gasteiger partial charge on any atom is 0.0920 e. The summed E-state index contributed by atoms with van der Waals surface area (Å²) in [5, 5.41) is 14.2. The van der Waals surface area contributed by atoms with Crippen LogP contribution in [0.15, 0.2) is 12.2 Å². The van der Waals surface area contributed by atoms with Crippen molar-refractivity contribution in [3.63, 3.8) is 0 Å². The molecule has 1 aromatic heterocycles. The van der Waals surface area contributed by atoms with Gasteiger partial charge in [0.2, 0.25) is 0 Å². The molecule has 16 heavy (non-hydrogen) atoms. The number of nitrogens with zero attached hydrogens (tertiary/aromatic N) is 2. The third kappa shape index (κ3) is 3.39. The second-order valence-corrected chi connectivity index (χ2v) is 6.03. The molecule has 1 atom stereocenters. The molecule has 90 valence electrons. The number of hydrogen-bond donors (Lipinski definition) is 1. The smallest absolute Gasteiger partial charge is 0.0920 e. The lowest BCUT2D eigenvalue weighted by atomic mass is 9.90. The molecule has 0 aliphatic heterocycles. The Hall–Kier alpha value is -0.740. The van der Waals surface area contributed by atoms with Crippen LogP contribution in [-0.4, -0.2) is 14.7 Å². The number of aliphatic hydroxyl groups is 1. The third-order valence-corrected chi connectivity index (χ3v) is 3.20. The van der Waals surface area contributed by atoms with Crippen LogP contribution in [0.5, 0.6) is 0 Å². The lowest BCUT2D eigenvalue weighted by Gasteiger charge is -2.18. The number of hydrogen-bond acceptors (Lipinski definition) is 4. The van der Waals surface area contributed by atoms with Crippen LogP contribution in [0.2, 0.25) is 0 Å². The van der Waals surface area contributed by atoms with Crippen LogP contribution in [0.4, 0.5) is 0 Å². The Morgan fingerprint density at radius 1 is 1.50 bits per heavy atom. The average molecular weight is 240 g/mol. The Kier molecular flexibility index (Phi) is 4.21. The first-order valence-electron chi connectivity index (χ1n) is 5.47. The molecule has 0 aliphatic carbocycles. The van der Waals surface area contributed by atoms with E-state index in [1.807, 2.05) is 6.92 Å². The molecule has 0 saturated carbocycles. The first-order valence-corrected chi connectivity index (χ1v) is 6.25. The molecule has 4 heteroatoms. The van der Waals surface area contributed by atoms with E-state index >= 15 is 0 Å². The molecule has 0 spiro atoms. The molecule has 1 unspecified atom stereocenters. The lowest BCUT2D eigenvalue weighted by Crippen LogP contribution is -2.15. The molecule has 1 aromatic rings. The van der Waals surface area contributed by atoms with Gasteiger partial charge in [-0.2, -0.15) is 0 Å². The zero-order valence-electron chi connectivity index (χ0n) is 10.4. The molecule has 3 nitrogen and oxygen atoms in total. The Bertz CT molecular complexity index is 365. The van der Waals surface area contributed by atoms with E-state index in [9.17, 15) is 5.11 Å². The van der Waals surface area contributed by atoms with Gasteiger partial charge in [0.1, 0.15) is 0 Å². The van der Waals surface area contributed by atoms with Gasteiger partial charge in [-0.15, -0.1) is 11.7 Å². The maximum atomic E-state index is 10.1. The van der Waals surface area contributed by atoms with Crippen molar-refractivity contribution < 1.29 is 5.11 Å². The first kappa shape index (κ1) is 13.3. The highest BCUT2D eigenvalue weighted by Gasteiger charge is 2.25. The van der Waals surface area contributed by atoms with E-state index in [-0.39, 0.29) is 5.41 Å². The van der Waals surface area contributed by atoms with E-state index in [2.05, 4.69) is 36.9 Å². The van der Waals surface area contributed by atoms with E-state index in [1.165, 1.54) is 11.5 Å². The largest absolute Gasteiger partial charge is 0.387 e. The molecule has 0 aromatic carbocycles. The Labute approximate surface area is 101 Å². The quantitative estimate of drug-likeness (QED) is 0.822. The van der Waals surface area contributed by atoms with Crippen molar-refractivity contribution >= 4 is 11.5 Å². The molecule has 1 rings (SSSR count). The summed E-state index contributed by atoms with van der Waals surface area (Å²) in [7, 11) is 0. The van der Waals surface area contributed by atoms with Crippen molar-refractivity contribution in [2.75, 3.05) is 0 Å². The summed E-state index contributed by atoms with van der Waals surface area (Å²) in [6.45, 7) is 12.1. The first-order chi connectivity index (χ1) is 7.32. The fourth-order valence-corrected chi connectivity index (χ4v) is 2.33. The van der Waals surface area contributed by atoms with Crippen molar-refractivity contribution in [2.45, 2.75) is 52.1 Å². The minimum atomic E-state index is -0.467. The maximum absolute atomic E-state index is 10.1. The van der Waals surface area contributed by atoms with Gasteiger partial charge in [-0.05, 0) is 31.3 Å². The summed E-state index contributed by atoms with van der Waals surface area (Å²) in [5.41, 5.74) is 1.94. The van der Waals surface area contributed by atoms with Crippen LogP contribution in [0.1, 0.15) is 57.2 Å². The van der Waals surface area contributed by atoms with Gasteiger partial charge in [0.05, 0.1) is 16.7 Å². The van der Waals surface area contributed by atoms with Gasteiger partial charge in [-0.1, -0.05) is 30.8 Å². The van der Waals surface area contributed by atoms with Crippen LogP contribution in [0.3, 0.4) is 0 Å². The fraction of sp³-hybridized carbons (Fsp3) is 0.667. The highest BCUT2D eigenvalue weighted by molar-refractivity contribution is 7.05. The highest BCUT2D eigenvalue weighted by atomic mass is 32.1. The Morgan fingerprint density at radius 3 is 2.62 bits per heavy atom. The highest BCUT2D eigenvalue weighted by Crippen LogP contribution is 2.32. The predicted molar refractivity (Wildman–Crippen MR) is 67.6 cm³/mol. The van der Waals surface area contributed by atoms with Crippen LogP contribution >= 0.6 is 11.5 Å². The molecule has 1 N–H and O–H groups in total. The van der Waals surface area contributed by atoms with Crippen molar-refractivity contribution in [2.24, 2.45) is 0 Å². The van der Waals surface area contributed by atoms with Crippen LogP contribution in [0, 0.1) is 0 Å². The van der Waals surface area contributed by atoms with Crippen LogP contribution in [-0.2, 0) is 5.41 Å². The van der Waals surface area contributed by atoms with Gasteiger partial charge in [0.25, 0.3) is 0 Å². The normalized spacial score (nSPS) is 13.8. The zero-order valence-corrected chi connectivity index (χ0v) is 11.3. The van der Waals surface area contributed by atoms with E-state index in [0.29, 0.717) is 6.42 Å². The summed E-state index contributed by atoms with van der Waals surface area (Å²) >= 11 is 1.30. The lowest BCUT2D eigenvalue weighted by molar-refractivity contribution is 0.169. The fourth-order valence-electron chi connectivity index (χ4n) is 1.45. The van der Waals surface area contributed by atoms with Gasteiger partial charge in [-0.3, -0.25) is 0 Å². The van der Waals surface area contributed by atoms with Gasteiger partial charge in [-0.25, -0.2) is 0 Å². The summed E-state index contributed by atoms with van der Waals surface area (Å²) in [5.74, 6) is 0. The SMILES string of the molecule is C=C(C)CCC(O)c1snnc1C(C)(C)C. The van der Waals surface area contributed by atoms with E-state index in [1.54, 1.807) is 0 Å². The summed E-state index contributed by atoms with van der Waals surface area (Å²) in [6, 6.07) is 0. The van der Waals surface area contributed by atoms with Crippen LogP contribution in [0.25, 0.3) is 0 Å². The second kappa shape index (κ2) is 5.06. The molecule has 0 saturated heterocycles. The van der Waals surface area contributed by atoms with E-state index in [0.717, 1.165) is 22.6 Å². The number of aliphatic hydroxyl groups excluding tert-OH is 1. The summed E-state index contributed by atoms with van der Waals surface area (Å²) in [4.78, 5) is 0.897. The number of rotatable bonds is 4. The van der Waals surface area contributed by atoms with Gasteiger partial charge >= 0.3 is 0 Å². The topological polar surface area (TPSA) is 46.0 Å². The van der Waals surface area contributed by atoms with Gasteiger partial charge in [0, 0.05) is 5.41 Å².